The third kappa shape index (κ3) is 6.81. The molecule has 1 aliphatic heterocycles. The van der Waals surface area contributed by atoms with Gasteiger partial charge in [-0.25, -0.2) is 14.4 Å². The molecule has 41 heavy (non-hydrogen) atoms. The van der Waals surface area contributed by atoms with Gasteiger partial charge in [-0.15, -0.1) is 0 Å². The molecule has 1 fully saturated rings. The first-order chi connectivity index (χ1) is 20.1. The lowest BCUT2D eigenvalue weighted by atomic mass is 10.1. The molecule has 3 N–H and O–H groups in total. The topological polar surface area (TPSA) is 90.9 Å². The van der Waals surface area contributed by atoms with E-state index in [2.05, 4.69) is 36.1 Å². The summed E-state index contributed by atoms with van der Waals surface area (Å²) in [6, 6.07) is 26.7. The van der Waals surface area contributed by atoms with Crippen LogP contribution in [-0.4, -0.2) is 56.6 Å². The van der Waals surface area contributed by atoms with Crippen molar-refractivity contribution in [3.05, 3.63) is 118 Å². The van der Waals surface area contributed by atoms with E-state index in [0.29, 0.717) is 31.5 Å². The van der Waals surface area contributed by atoms with Crippen LogP contribution in [0.2, 0.25) is 0 Å². The predicted octanol–water partition coefficient (Wildman–Crippen LogP) is 4.89. The molecule has 0 spiro atoms. The monoisotopic (exact) mass is 551 g/mol. The standard InChI is InChI=1S/C32H34FN7O/c33-25-12-10-24(11-13-25)22-40-29-9-5-4-8-28(29)37-32(40)36-26-14-17-39(18-15-26)19-16-34-31-35-27(21-30(41)38-31)20-23-6-2-1-3-7-23/h1-13,21,26H,14-20,22H2,(H,36,37)(H2,34,35,38,41). The number of hydrogen-bond donors (Lipinski definition) is 3. The Morgan fingerprint density at radius 3 is 2.46 bits per heavy atom. The molecule has 9 heteroatoms. The zero-order valence-electron chi connectivity index (χ0n) is 22.9. The first kappa shape index (κ1) is 26.7. The number of rotatable bonds is 10. The minimum atomic E-state index is -0.231. The van der Waals surface area contributed by atoms with Gasteiger partial charge in [0.25, 0.3) is 5.56 Å². The van der Waals surface area contributed by atoms with Crippen molar-refractivity contribution in [3.63, 3.8) is 0 Å². The SMILES string of the molecule is O=c1cc(Cc2ccccc2)nc(NCCN2CCC(Nc3nc4ccccc4n3Cc3ccc(F)cc3)CC2)[nH]1. The van der Waals surface area contributed by atoms with Gasteiger partial charge in [0.2, 0.25) is 11.9 Å². The number of para-hydroxylation sites is 2. The van der Waals surface area contributed by atoms with Crippen molar-refractivity contribution in [2.45, 2.75) is 31.8 Å². The van der Waals surface area contributed by atoms with Crippen LogP contribution >= 0.6 is 0 Å². The van der Waals surface area contributed by atoms with Crippen LogP contribution in [0.1, 0.15) is 29.7 Å². The molecule has 3 aromatic carbocycles. The highest BCUT2D eigenvalue weighted by Gasteiger charge is 2.21. The predicted molar refractivity (Wildman–Crippen MR) is 161 cm³/mol. The number of aromatic nitrogens is 4. The summed E-state index contributed by atoms with van der Waals surface area (Å²) in [6.45, 7) is 4.12. The molecule has 3 heterocycles. The summed E-state index contributed by atoms with van der Waals surface area (Å²) in [5.74, 6) is 1.13. The zero-order chi connectivity index (χ0) is 28.0. The van der Waals surface area contributed by atoms with Gasteiger partial charge in [0.1, 0.15) is 5.82 Å². The fourth-order valence-corrected chi connectivity index (χ4v) is 5.42. The minimum Gasteiger partial charge on any atom is -0.354 e. The lowest BCUT2D eigenvalue weighted by molar-refractivity contribution is 0.226. The van der Waals surface area contributed by atoms with Crippen molar-refractivity contribution in [2.75, 3.05) is 36.8 Å². The van der Waals surface area contributed by atoms with Gasteiger partial charge in [-0.3, -0.25) is 9.78 Å². The molecule has 1 saturated heterocycles. The Morgan fingerprint density at radius 2 is 1.66 bits per heavy atom. The number of halogens is 1. The lowest BCUT2D eigenvalue weighted by Crippen LogP contribution is -2.41. The molecular formula is C32H34FN7O. The van der Waals surface area contributed by atoms with E-state index in [-0.39, 0.29) is 11.4 Å². The fraction of sp³-hybridized carbons (Fsp3) is 0.281. The van der Waals surface area contributed by atoms with Crippen LogP contribution in [0.5, 0.6) is 0 Å². The molecule has 8 nitrogen and oxygen atoms in total. The number of hydrogen-bond acceptors (Lipinski definition) is 6. The van der Waals surface area contributed by atoms with Crippen molar-refractivity contribution in [3.8, 4) is 0 Å². The van der Waals surface area contributed by atoms with Crippen molar-refractivity contribution in [2.24, 2.45) is 0 Å². The molecule has 5 aromatic rings. The van der Waals surface area contributed by atoms with Gasteiger partial charge in [0.05, 0.1) is 23.3 Å². The fourth-order valence-electron chi connectivity index (χ4n) is 5.42. The summed E-state index contributed by atoms with van der Waals surface area (Å²) in [6.07, 6.45) is 2.63. The normalized spacial score (nSPS) is 14.4. The van der Waals surface area contributed by atoms with Gasteiger partial charge in [0.15, 0.2) is 0 Å². The molecule has 1 aliphatic rings. The first-order valence-corrected chi connectivity index (χ1v) is 14.2. The van der Waals surface area contributed by atoms with Crippen LogP contribution < -0.4 is 16.2 Å². The number of aromatic amines is 1. The molecule has 210 valence electrons. The molecular weight excluding hydrogens is 517 g/mol. The van der Waals surface area contributed by atoms with Crippen LogP contribution in [-0.2, 0) is 13.0 Å². The number of fused-ring (bicyclic) bond motifs is 1. The third-order valence-electron chi connectivity index (χ3n) is 7.57. The van der Waals surface area contributed by atoms with E-state index >= 15 is 0 Å². The van der Waals surface area contributed by atoms with E-state index in [1.54, 1.807) is 6.07 Å². The highest BCUT2D eigenvalue weighted by molar-refractivity contribution is 5.78. The van der Waals surface area contributed by atoms with Crippen LogP contribution in [0.25, 0.3) is 11.0 Å². The molecule has 2 aromatic heterocycles. The van der Waals surface area contributed by atoms with E-state index in [1.807, 2.05) is 60.7 Å². The smallest absolute Gasteiger partial charge is 0.252 e. The number of H-pyrrole nitrogens is 1. The van der Waals surface area contributed by atoms with Gasteiger partial charge in [-0.1, -0.05) is 54.6 Å². The average molecular weight is 552 g/mol. The van der Waals surface area contributed by atoms with Crippen molar-refractivity contribution >= 4 is 22.9 Å². The second-order valence-corrected chi connectivity index (χ2v) is 10.6. The number of anilines is 2. The largest absolute Gasteiger partial charge is 0.354 e. The average Bonchev–Trinajstić information content (AvgIpc) is 3.32. The Morgan fingerprint density at radius 1 is 0.902 bits per heavy atom. The summed E-state index contributed by atoms with van der Waals surface area (Å²) in [7, 11) is 0. The highest BCUT2D eigenvalue weighted by Crippen LogP contribution is 2.24. The number of nitrogens with one attached hydrogen (secondary N) is 3. The number of piperidine rings is 1. The van der Waals surface area contributed by atoms with E-state index in [4.69, 9.17) is 4.98 Å². The molecule has 0 aliphatic carbocycles. The zero-order valence-corrected chi connectivity index (χ0v) is 22.9. The molecule has 0 amide bonds. The van der Waals surface area contributed by atoms with Crippen LogP contribution in [0.3, 0.4) is 0 Å². The number of imidazole rings is 1. The number of likely N-dealkylation sites (tertiary alicyclic amines) is 1. The minimum absolute atomic E-state index is 0.147. The Hall–Kier alpha value is -4.50. The second kappa shape index (κ2) is 12.3. The lowest BCUT2D eigenvalue weighted by Gasteiger charge is -2.32. The maximum atomic E-state index is 13.5. The Balaban J connectivity index is 1.02. The third-order valence-corrected chi connectivity index (χ3v) is 7.57. The van der Waals surface area contributed by atoms with Gasteiger partial charge >= 0.3 is 0 Å². The quantitative estimate of drug-likeness (QED) is 0.229. The van der Waals surface area contributed by atoms with Crippen molar-refractivity contribution in [1.29, 1.82) is 0 Å². The van der Waals surface area contributed by atoms with E-state index in [0.717, 1.165) is 66.3 Å². The van der Waals surface area contributed by atoms with E-state index in [1.165, 1.54) is 12.1 Å². The van der Waals surface area contributed by atoms with E-state index < -0.39 is 0 Å². The molecule has 0 unspecified atom stereocenters. The molecule has 0 atom stereocenters. The summed E-state index contributed by atoms with van der Waals surface area (Å²) in [5.41, 5.74) is 4.76. The number of nitrogens with zero attached hydrogens (tertiary/aromatic N) is 4. The summed E-state index contributed by atoms with van der Waals surface area (Å²) in [5, 5.41) is 6.99. The van der Waals surface area contributed by atoms with Gasteiger partial charge in [-0.05, 0) is 48.2 Å². The molecule has 0 bridgehead atoms. The van der Waals surface area contributed by atoms with E-state index in [9.17, 15) is 9.18 Å². The molecule has 0 radical (unpaired) electrons. The first-order valence-electron chi connectivity index (χ1n) is 14.2. The van der Waals surface area contributed by atoms with Gasteiger partial charge in [-0.2, -0.15) is 0 Å². The summed E-state index contributed by atoms with van der Waals surface area (Å²) < 4.78 is 15.6. The van der Waals surface area contributed by atoms with Crippen molar-refractivity contribution in [1.82, 2.24) is 24.4 Å². The summed E-state index contributed by atoms with van der Waals surface area (Å²) >= 11 is 0. The van der Waals surface area contributed by atoms with Crippen LogP contribution in [0, 0.1) is 5.82 Å². The Bertz CT molecular complexity index is 1640. The highest BCUT2D eigenvalue weighted by atomic mass is 19.1. The summed E-state index contributed by atoms with van der Waals surface area (Å²) in [4.78, 5) is 26.9. The number of benzene rings is 3. The maximum Gasteiger partial charge on any atom is 0.252 e. The second-order valence-electron chi connectivity index (χ2n) is 10.6. The van der Waals surface area contributed by atoms with Crippen LogP contribution in [0.4, 0.5) is 16.3 Å². The molecule has 0 saturated carbocycles. The Kier molecular flexibility index (Phi) is 8.04. The van der Waals surface area contributed by atoms with Gasteiger partial charge < -0.3 is 20.1 Å². The van der Waals surface area contributed by atoms with Gasteiger partial charge in [0, 0.05) is 44.7 Å². The van der Waals surface area contributed by atoms with Crippen molar-refractivity contribution < 1.29 is 4.39 Å². The molecule has 6 rings (SSSR count). The Labute approximate surface area is 238 Å². The maximum absolute atomic E-state index is 13.5. The van der Waals surface area contributed by atoms with Crippen LogP contribution in [0.15, 0.2) is 89.7 Å².